The molecule has 4 nitrogen and oxygen atoms in total. The van der Waals surface area contributed by atoms with Crippen LogP contribution in [0.2, 0.25) is 0 Å². The van der Waals surface area contributed by atoms with Gasteiger partial charge in [0.25, 0.3) is 5.91 Å². The average Bonchev–Trinajstić information content (AvgIpc) is 3.73. The fraction of sp³-hybridized carbons (Fsp3) is 0.519. The Balaban J connectivity index is 1.17. The molecular formula is C27H32F6N2O2S. The molecule has 2 heterocycles. The van der Waals surface area contributed by atoms with E-state index in [9.17, 15) is 28.6 Å². The van der Waals surface area contributed by atoms with Gasteiger partial charge in [-0.1, -0.05) is 43.7 Å². The van der Waals surface area contributed by atoms with E-state index in [1.807, 2.05) is 12.1 Å². The molecule has 0 radical (unpaired) electrons. The molecule has 5 rings (SSSR count). The zero-order valence-corrected chi connectivity index (χ0v) is 21.7. The number of benzene rings is 2. The summed E-state index contributed by atoms with van der Waals surface area (Å²) in [5.41, 5.74) is 0.0509. The Morgan fingerprint density at radius 3 is 2.24 bits per heavy atom. The van der Waals surface area contributed by atoms with Gasteiger partial charge >= 0.3 is 10.2 Å². The van der Waals surface area contributed by atoms with Gasteiger partial charge in [-0.15, -0.1) is 0 Å². The molecule has 3 fully saturated rings. The quantitative estimate of drug-likeness (QED) is 0.360. The van der Waals surface area contributed by atoms with Gasteiger partial charge in [0, 0.05) is 12.6 Å². The van der Waals surface area contributed by atoms with Crippen molar-refractivity contribution in [2.24, 2.45) is 5.92 Å². The molecule has 1 aliphatic carbocycles. The number of nitrogens with zero attached hydrogens (tertiary/aromatic N) is 1. The molecule has 2 aliphatic heterocycles. The van der Waals surface area contributed by atoms with Crippen LogP contribution < -0.4 is 5.32 Å². The van der Waals surface area contributed by atoms with Crippen molar-refractivity contribution in [3.63, 3.8) is 0 Å². The van der Waals surface area contributed by atoms with Crippen LogP contribution in [0.1, 0.15) is 55.6 Å². The number of likely N-dealkylation sites (tertiary alicyclic amines) is 1. The van der Waals surface area contributed by atoms with Gasteiger partial charge in [-0.3, -0.25) is 9.69 Å². The lowest BCUT2D eigenvalue weighted by Crippen LogP contribution is -2.57. The highest BCUT2D eigenvalue weighted by atomic mass is 32.5. The smallest absolute Gasteiger partial charge is 0.310 e. The highest BCUT2D eigenvalue weighted by Gasteiger charge is 2.65. The number of halogens is 6. The van der Waals surface area contributed by atoms with Crippen molar-refractivity contribution in [1.29, 1.82) is 0 Å². The van der Waals surface area contributed by atoms with Gasteiger partial charge in [0.2, 0.25) is 0 Å². The second-order valence-electron chi connectivity index (χ2n) is 10.8. The highest BCUT2D eigenvalue weighted by molar-refractivity contribution is 8.45. The molecule has 0 aromatic heterocycles. The van der Waals surface area contributed by atoms with Gasteiger partial charge < -0.3 is 10.1 Å². The van der Waals surface area contributed by atoms with E-state index in [0.717, 1.165) is 56.8 Å². The van der Waals surface area contributed by atoms with Gasteiger partial charge in [-0.25, -0.2) is 4.39 Å². The van der Waals surface area contributed by atoms with Crippen LogP contribution in [-0.2, 0) is 16.1 Å². The maximum atomic E-state index is 13.3. The zero-order chi connectivity index (χ0) is 27.2. The van der Waals surface area contributed by atoms with Crippen LogP contribution in [0.15, 0.2) is 53.4 Å². The summed E-state index contributed by atoms with van der Waals surface area (Å²) in [6.45, 7) is 1.84. The molecule has 1 saturated carbocycles. The molecule has 2 aromatic rings. The standard InChI is InChI=1S/C27H32F6N2O2S/c28-23-8-4-20(5-9-23)21-11-14-35(15-12-21)24-10-13-27(37-18-24,22-6-7-22)26(36)34-17-19-2-1-3-25(16-19)38(29,30,31,32)33/h1-5,8-9,16,21-22,24H,6-7,10-15,17-18H2,(H,34,36)/t24-,27?/m1/s1. The van der Waals surface area contributed by atoms with Crippen molar-refractivity contribution in [2.75, 3.05) is 19.7 Å². The number of ether oxygens (including phenoxy) is 1. The van der Waals surface area contributed by atoms with Gasteiger partial charge in [0.1, 0.15) is 16.3 Å². The van der Waals surface area contributed by atoms with Crippen molar-refractivity contribution in [1.82, 2.24) is 10.2 Å². The van der Waals surface area contributed by atoms with Crippen LogP contribution in [-0.4, -0.2) is 42.1 Å². The minimum absolute atomic E-state index is 0.0451. The predicted molar refractivity (Wildman–Crippen MR) is 134 cm³/mol. The number of piperidine rings is 1. The van der Waals surface area contributed by atoms with Gasteiger partial charge in [-0.05, 0) is 98.8 Å². The molecule has 2 aromatic carbocycles. The first-order chi connectivity index (χ1) is 17.7. The molecule has 210 valence electrons. The van der Waals surface area contributed by atoms with E-state index in [-0.39, 0.29) is 29.9 Å². The summed E-state index contributed by atoms with van der Waals surface area (Å²) < 4.78 is 85.4. The van der Waals surface area contributed by atoms with E-state index in [4.69, 9.17) is 4.74 Å². The number of nitrogens with one attached hydrogen (secondary N) is 1. The summed E-state index contributed by atoms with van der Waals surface area (Å²) in [5, 5.41) is 2.65. The van der Waals surface area contributed by atoms with Crippen molar-refractivity contribution < 1.29 is 33.4 Å². The largest absolute Gasteiger partial charge is 0.363 e. The average molecular weight is 563 g/mol. The first-order valence-electron chi connectivity index (χ1n) is 13.0. The summed E-state index contributed by atoms with van der Waals surface area (Å²) in [5.74, 6) is -0.216. The molecule has 0 bridgehead atoms. The summed E-state index contributed by atoms with van der Waals surface area (Å²) in [6, 6.07) is 9.78. The van der Waals surface area contributed by atoms with Crippen molar-refractivity contribution in [3.05, 3.63) is 65.5 Å². The molecule has 11 heteroatoms. The maximum absolute atomic E-state index is 13.3. The van der Waals surface area contributed by atoms with Crippen molar-refractivity contribution in [2.45, 2.75) is 67.5 Å². The van der Waals surface area contributed by atoms with E-state index in [1.165, 1.54) is 18.2 Å². The van der Waals surface area contributed by atoms with E-state index in [1.54, 1.807) is 0 Å². The second kappa shape index (κ2) is 9.16. The number of hydrogen-bond acceptors (Lipinski definition) is 3. The Hall–Kier alpha value is -2.24. The van der Waals surface area contributed by atoms with Crippen LogP contribution in [0.3, 0.4) is 0 Å². The molecule has 0 spiro atoms. The first-order valence-corrected chi connectivity index (χ1v) is 14.9. The monoisotopic (exact) mass is 562 g/mol. The van der Waals surface area contributed by atoms with E-state index < -0.39 is 26.6 Å². The number of carbonyl (C=O) groups excluding carboxylic acids is 1. The van der Waals surface area contributed by atoms with E-state index in [2.05, 4.69) is 10.2 Å². The number of carbonyl (C=O) groups is 1. The van der Waals surface area contributed by atoms with Gasteiger partial charge in [-0.2, -0.15) is 0 Å². The number of hydrogen-bond donors (Lipinski definition) is 1. The molecule has 38 heavy (non-hydrogen) atoms. The van der Waals surface area contributed by atoms with Gasteiger partial charge in [0.05, 0.1) is 6.61 Å². The predicted octanol–water partition coefficient (Wildman–Crippen LogP) is 7.31. The first kappa shape index (κ1) is 27.3. The van der Waals surface area contributed by atoms with Crippen molar-refractivity contribution in [3.8, 4) is 0 Å². The normalized spacial score (nSPS) is 27.4. The third-order valence-electron chi connectivity index (χ3n) is 8.19. The SMILES string of the molecule is O=C(NCc1cccc(S(F)(F)(F)(F)F)c1)C1(C2CC2)CC[C@@H](N2CCC(c3ccc(F)cc3)CC2)CO1. The Bertz CT molecular complexity index is 1170. The Morgan fingerprint density at radius 1 is 0.974 bits per heavy atom. The third kappa shape index (κ3) is 5.99. The highest BCUT2D eigenvalue weighted by Crippen LogP contribution is 3.02. The Labute approximate surface area is 218 Å². The van der Waals surface area contributed by atoms with E-state index >= 15 is 0 Å². The van der Waals surface area contributed by atoms with Crippen LogP contribution in [0.5, 0.6) is 0 Å². The molecule has 1 N–H and O–H groups in total. The number of rotatable bonds is 7. The summed E-state index contributed by atoms with van der Waals surface area (Å²) >= 11 is 0. The second-order valence-corrected chi connectivity index (χ2v) is 13.2. The molecule has 1 amide bonds. The lowest BCUT2D eigenvalue weighted by atomic mass is 9.84. The van der Waals surface area contributed by atoms with E-state index in [0.29, 0.717) is 31.1 Å². The summed E-state index contributed by atoms with van der Waals surface area (Å²) in [7, 11) is -9.80. The lowest BCUT2D eigenvalue weighted by Gasteiger charge is -2.45. The fourth-order valence-electron chi connectivity index (χ4n) is 5.87. The molecule has 3 aliphatic rings. The molecule has 1 unspecified atom stereocenters. The Morgan fingerprint density at radius 2 is 1.66 bits per heavy atom. The fourth-order valence-corrected chi connectivity index (χ4v) is 6.58. The lowest BCUT2D eigenvalue weighted by molar-refractivity contribution is -0.165. The Kier molecular flexibility index (Phi) is 6.59. The maximum Gasteiger partial charge on any atom is 0.310 e. The van der Waals surface area contributed by atoms with Crippen LogP contribution >= 0.6 is 10.2 Å². The third-order valence-corrected chi connectivity index (χ3v) is 9.33. The molecular weight excluding hydrogens is 530 g/mol. The minimum Gasteiger partial charge on any atom is -0.363 e. The molecule has 2 saturated heterocycles. The zero-order valence-electron chi connectivity index (χ0n) is 20.9. The van der Waals surface area contributed by atoms with Crippen molar-refractivity contribution >= 4 is 16.1 Å². The summed E-state index contributed by atoms with van der Waals surface area (Å²) in [4.78, 5) is 13.7. The van der Waals surface area contributed by atoms with Crippen LogP contribution in [0.25, 0.3) is 0 Å². The molecule has 2 atom stereocenters. The van der Waals surface area contributed by atoms with Crippen LogP contribution in [0, 0.1) is 11.7 Å². The topological polar surface area (TPSA) is 41.6 Å². The number of amides is 1. The summed E-state index contributed by atoms with van der Waals surface area (Å²) in [6.07, 6.45) is 4.83. The minimum atomic E-state index is -9.80. The van der Waals surface area contributed by atoms with Gasteiger partial charge in [0.15, 0.2) is 0 Å². The van der Waals surface area contributed by atoms with Crippen LogP contribution in [0.4, 0.5) is 23.8 Å².